The average molecular weight is 492 g/mol. The van der Waals surface area contributed by atoms with Gasteiger partial charge in [0.05, 0.1) is 16.0 Å². The molecule has 2 N–H and O–H groups in total. The molecule has 4 nitrogen and oxygen atoms in total. The number of aromatic hydroxyl groups is 2. The van der Waals surface area contributed by atoms with Gasteiger partial charge in [0.25, 0.3) is 0 Å². The first-order chi connectivity index (χ1) is 9.58. The monoisotopic (exact) mass is 492 g/mol. The van der Waals surface area contributed by atoms with Gasteiger partial charge in [-0.15, -0.1) is 0 Å². The van der Waals surface area contributed by atoms with E-state index in [1.165, 1.54) is 12.4 Å². The van der Waals surface area contributed by atoms with Crippen LogP contribution in [0.4, 0.5) is 0 Å². The second-order valence-corrected chi connectivity index (χ2v) is 6.28. The van der Waals surface area contributed by atoms with Crippen molar-refractivity contribution in [1.82, 2.24) is 0 Å². The quantitative estimate of drug-likeness (QED) is 0.390. The van der Waals surface area contributed by atoms with E-state index in [0.29, 0.717) is 11.1 Å². The fraction of sp³-hybridized carbons (Fsp3) is 0. The third-order valence-corrected chi connectivity index (χ3v) is 3.90. The van der Waals surface area contributed by atoms with Gasteiger partial charge in [-0.2, -0.15) is 10.2 Å². The molecule has 2 aromatic rings. The Kier molecular flexibility index (Phi) is 5.35. The Morgan fingerprint density at radius 1 is 0.900 bits per heavy atom. The van der Waals surface area contributed by atoms with E-state index in [0.717, 1.165) is 7.14 Å². The number of phenols is 2. The normalized spacial score (nSPS) is 11.5. The molecule has 20 heavy (non-hydrogen) atoms. The second kappa shape index (κ2) is 7.02. The zero-order valence-electron chi connectivity index (χ0n) is 10.2. The largest absolute Gasteiger partial charge is 0.507 e. The molecule has 0 saturated carbocycles. The Morgan fingerprint density at radius 3 is 2.25 bits per heavy atom. The van der Waals surface area contributed by atoms with Crippen LogP contribution in [0, 0.1) is 7.14 Å². The van der Waals surface area contributed by atoms with Crippen LogP contribution < -0.4 is 0 Å². The summed E-state index contributed by atoms with van der Waals surface area (Å²) in [5.41, 5.74) is 1.20. The van der Waals surface area contributed by atoms with Crippen molar-refractivity contribution in [2.45, 2.75) is 0 Å². The molecule has 0 aliphatic carbocycles. The average Bonchev–Trinajstić information content (AvgIpc) is 2.41. The van der Waals surface area contributed by atoms with Crippen LogP contribution in [0.25, 0.3) is 0 Å². The summed E-state index contributed by atoms with van der Waals surface area (Å²) in [7, 11) is 0. The van der Waals surface area contributed by atoms with E-state index in [4.69, 9.17) is 0 Å². The van der Waals surface area contributed by atoms with Crippen molar-refractivity contribution < 1.29 is 10.2 Å². The summed E-state index contributed by atoms with van der Waals surface area (Å²) in [5, 5.41) is 27.2. The van der Waals surface area contributed by atoms with Gasteiger partial charge < -0.3 is 10.2 Å². The summed E-state index contributed by atoms with van der Waals surface area (Å²) in [6.07, 6.45) is 2.94. The lowest BCUT2D eigenvalue weighted by atomic mass is 10.2. The maximum atomic E-state index is 9.89. The summed E-state index contributed by atoms with van der Waals surface area (Å²) in [4.78, 5) is 0. The topological polar surface area (TPSA) is 65.2 Å². The molecule has 0 atom stereocenters. The molecule has 0 heterocycles. The highest BCUT2D eigenvalue weighted by Gasteiger charge is 2.04. The molecule has 0 aliphatic rings. The Hall–Kier alpha value is -1.16. The molecule has 0 amide bonds. The fourth-order valence-corrected chi connectivity index (χ4v) is 3.36. The van der Waals surface area contributed by atoms with Gasteiger partial charge in [-0.05, 0) is 69.4 Å². The van der Waals surface area contributed by atoms with Crippen molar-refractivity contribution in [2.24, 2.45) is 10.2 Å². The Bertz CT molecular complexity index is 685. The van der Waals surface area contributed by atoms with Crippen LogP contribution in [0.1, 0.15) is 11.1 Å². The molecule has 0 bridgehead atoms. The van der Waals surface area contributed by atoms with E-state index in [-0.39, 0.29) is 11.5 Å². The van der Waals surface area contributed by atoms with Crippen molar-refractivity contribution in [3.8, 4) is 11.5 Å². The summed E-state index contributed by atoms with van der Waals surface area (Å²) in [5.74, 6) is 0.339. The molecule has 0 radical (unpaired) electrons. The van der Waals surface area contributed by atoms with E-state index < -0.39 is 0 Å². The maximum absolute atomic E-state index is 9.89. The van der Waals surface area contributed by atoms with Crippen LogP contribution in [0.2, 0.25) is 0 Å². The van der Waals surface area contributed by atoms with Crippen LogP contribution in [-0.2, 0) is 0 Å². The van der Waals surface area contributed by atoms with Crippen molar-refractivity contribution in [2.75, 3.05) is 0 Å². The van der Waals surface area contributed by atoms with Crippen LogP contribution in [0.5, 0.6) is 11.5 Å². The standard InChI is InChI=1S/C14H10I2N2O2/c15-11-5-10(14(20)12(16)6-11)8-18-17-7-9-3-1-2-4-13(9)19/h1-8,19-20H/b17-7+,18-8-. The molecule has 0 saturated heterocycles. The van der Waals surface area contributed by atoms with Crippen LogP contribution >= 0.6 is 45.2 Å². The van der Waals surface area contributed by atoms with Crippen molar-refractivity contribution >= 4 is 57.6 Å². The highest BCUT2D eigenvalue weighted by atomic mass is 127. The number of benzene rings is 2. The molecule has 2 aromatic carbocycles. The van der Waals surface area contributed by atoms with E-state index in [1.807, 2.05) is 12.1 Å². The van der Waals surface area contributed by atoms with Crippen molar-refractivity contribution in [3.63, 3.8) is 0 Å². The minimum atomic E-state index is 0.151. The van der Waals surface area contributed by atoms with Gasteiger partial charge in [0.15, 0.2) is 0 Å². The highest BCUT2D eigenvalue weighted by Crippen LogP contribution is 2.25. The SMILES string of the molecule is Oc1ccccc1/C=N/N=C\c1cc(I)cc(I)c1O. The summed E-state index contributed by atoms with van der Waals surface area (Å²) < 4.78 is 1.77. The summed E-state index contributed by atoms with van der Waals surface area (Å²) in [6.45, 7) is 0. The van der Waals surface area contributed by atoms with Crippen LogP contribution in [0.15, 0.2) is 46.6 Å². The summed E-state index contributed by atoms with van der Waals surface area (Å²) in [6, 6.07) is 10.6. The minimum absolute atomic E-state index is 0.151. The molecular formula is C14H10I2N2O2. The fourth-order valence-electron chi connectivity index (χ4n) is 1.47. The molecular weight excluding hydrogens is 482 g/mol. The zero-order chi connectivity index (χ0) is 14.5. The Labute approximate surface area is 143 Å². The second-order valence-electron chi connectivity index (χ2n) is 3.87. The van der Waals surface area contributed by atoms with E-state index in [9.17, 15) is 10.2 Å². The predicted octanol–water partition coefficient (Wildman–Crippen LogP) is 3.76. The van der Waals surface area contributed by atoms with Gasteiger partial charge in [0.2, 0.25) is 0 Å². The maximum Gasteiger partial charge on any atom is 0.137 e. The molecule has 0 aromatic heterocycles. The molecule has 2 rings (SSSR count). The lowest BCUT2D eigenvalue weighted by Gasteiger charge is -2.01. The van der Waals surface area contributed by atoms with Gasteiger partial charge in [-0.25, -0.2) is 0 Å². The third-order valence-electron chi connectivity index (χ3n) is 2.45. The van der Waals surface area contributed by atoms with Gasteiger partial charge in [0, 0.05) is 14.7 Å². The summed E-state index contributed by atoms with van der Waals surface area (Å²) >= 11 is 4.24. The highest BCUT2D eigenvalue weighted by molar-refractivity contribution is 14.1. The number of phenolic OH excluding ortho intramolecular Hbond substituents is 2. The van der Waals surface area contributed by atoms with E-state index in [1.54, 1.807) is 24.3 Å². The molecule has 0 spiro atoms. The lowest BCUT2D eigenvalue weighted by Crippen LogP contribution is -1.87. The van der Waals surface area contributed by atoms with E-state index in [2.05, 4.69) is 55.4 Å². The number of hydrogen-bond acceptors (Lipinski definition) is 4. The predicted molar refractivity (Wildman–Crippen MR) is 96.8 cm³/mol. The molecule has 6 heteroatoms. The molecule has 0 unspecified atom stereocenters. The smallest absolute Gasteiger partial charge is 0.137 e. The molecule has 0 aliphatic heterocycles. The van der Waals surface area contributed by atoms with Crippen LogP contribution in [0.3, 0.4) is 0 Å². The number of rotatable bonds is 3. The van der Waals surface area contributed by atoms with Gasteiger partial charge in [-0.1, -0.05) is 12.1 Å². The van der Waals surface area contributed by atoms with Crippen molar-refractivity contribution in [1.29, 1.82) is 0 Å². The van der Waals surface area contributed by atoms with Crippen LogP contribution in [-0.4, -0.2) is 22.6 Å². The number of halogens is 2. The number of para-hydroxylation sites is 1. The first-order valence-corrected chi connectivity index (χ1v) is 7.76. The van der Waals surface area contributed by atoms with Crippen molar-refractivity contribution in [3.05, 3.63) is 54.7 Å². The third kappa shape index (κ3) is 3.92. The molecule has 102 valence electrons. The Balaban J connectivity index is 2.17. The first kappa shape index (κ1) is 15.2. The zero-order valence-corrected chi connectivity index (χ0v) is 14.5. The van der Waals surface area contributed by atoms with Gasteiger partial charge in [0.1, 0.15) is 11.5 Å². The number of nitrogens with zero attached hydrogens (tertiary/aromatic N) is 2. The lowest BCUT2D eigenvalue weighted by molar-refractivity contribution is 0.470. The molecule has 0 fully saturated rings. The first-order valence-electron chi connectivity index (χ1n) is 5.60. The van der Waals surface area contributed by atoms with Gasteiger partial charge >= 0.3 is 0 Å². The number of hydrogen-bond donors (Lipinski definition) is 2. The van der Waals surface area contributed by atoms with E-state index >= 15 is 0 Å². The minimum Gasteiger partial charge on any atom is -0.507 e. The Morgan fingerprint density at radius 2 is 1.55 bits per heavy atom. The van der Waals surface area contributed by atoms with Gasteiger partial charge in [-0.3, -0.25) is 0 Å².